The van der Waals surface area contributed by atoms with Crippen LogP contribution in [0.15, 0.2) is 28.8 Å². The van der Waals surface area contributed by atoms with Crippen LogP contribution in [-0.4, -0.2) is 53.1 Å². The fraction of sp³-hybridized carbons (Fsp3) is 0.545. The molecule has 0 saturated carbocycles. The lowest BCUT2D eigenvalue weighted by molar-refractivity contribution is 0.0615. The molecule has 0 unspecified atom stereocenters. The average Bonchev–Trinajstić information content (AvgIpc) is 3.03. The SMILES string of the molecule is Cc1noc(C)c1COc1cccc(C(=O)N(C)C2CCN(C(C)C)CC2)c1. The predicted octanol–water partition coefficient (Wildman–Crippen LogP) is 3.82. The molecular formula is C22H31N3O3. The predicted molar refractivity (Wildman–Crippen MR) is 109 cm³/mol. The summed E-state index contributed by atoms with van der Waals surface area (Å²) in [6.07, 6.45) is 2.03. The van der Waals surface area contributed by atoms with Crippen LogP contribution in [0.4, 0.5) is 0 Å². The van der Waals surface area contributed by atoms with Crippen molar-refractivity contribution in [3.8, 4) is 5.75 Å². The third kappa shape index (κ3) is 4.55. The Morgan fingerprint density at radius 2 is 2.04 bits per heavy atom. The Morgan fingerprint density at radius 3 is 2.64 bits per heavy atom. The summed E-state index contributed by atoms with van der Waals surface area (Å²) in [4.78, 5) is 17.3. The van der Waals surface area contributed by atoms with Crippen LogP contribution in [0.2, 0.25) is 0 Å². The van der Waals surface area contributed by atoms with Crippen LogP contribution in [0.5, 0.6) is 5.75 Å². The second-order valence-electron chi connectivity index (χ2n) is 7.90. The van der Waals surface area contributed by atoms with Crippen molar-refractivity contribution < 1.29 is 14.1 Å². The molecule has 1 saturated heterocycles. The molecule has 1 aliphatic rings. The molecule has 3 rings (SSSR count). The fourth-order valence-corrected chi connectivity index (χ4v) is 3.74. The van der Waals surface area contributed by atoms with Crippen molar-refractivity contribution in [1.82, 2.24) is 15.0 Å². The van der Waals surface area contributed by atoms with Gasteiger partial charge in [0.25, 0.3) is 5.91 Å². The Bertz CT molecular complexity index is 788. The van der Waals surface area contributed by atoms with Crippen molar-refractivity contribution in [3.05, 3.63) is 46.8 Å². The number of ether oxygens (including phenoxy) is 1. The van der Waals surface area contributed by atoms with Crippen molar-refractivity contribution >= 4 is 5.91 Å². The van der Waals surface area contributed by atoms with E-state index in [1.165, 1.54) is 0 Å². The lowest BCUT2D eigenvalue weighted by Gasteiger charge is -2.38. The summed E-state index contributed by atoms with van der Waals surface area (Å²) in [6, 6.07) is 8.26. The lowest BCUT2D eigenvalue weighted by Crippen LogP contribution is -2.47. The monoisotopic (exact) mass is 385 g/mol. The molecule has 6 heteroatoms. The topological polar surface area (TPSA) is 58.8 Å². The Labute approximate surface area is 167 Å². The first kappa shape index (κ1) is 20.4. The largest absolute Gasteiger partial charge is 0.489 e. The number of likely N-dealkylation sites (tertiary alicyclic amines) is 1. The molecule has 0 atom stereocenters. The highest BCUT2D eigenvalue weighted by Crippen LogP contribution is 2.22. The van der Waals surface area contributed by atoms with Crippen LogP contribution < -0.4 is 4.74 Å². The van der Waals surface area contributed by atoms with Gasteiger partial charge in [-0.15, -0.1) is 0 Å². The first-order chi connectivity index (χ1) is 13.4. The zero-order chi connectivity index (χ0) is 20.3. The summed E-state index contributed by atoms with van der Waals surface area (Å²) in [5.41, 5.74) is 2.44. The van der Waals surface area contributed by atoms with Crippen molar-refractivity contribution in [1.29, 1.82) is 0 Å². The Kier molecular flexibility index (Phi) is 6.39. The number of nitrogens with zero attached hydrogens (tertiary/aromatic N) is 3. The van der Waals surface area contributed by atoms with E-state index in [9.17, 15) is 4.79 Å². The minimum atomic E-state index is 0.0470. The van der Waals surface area contributed by atoms with E-state index in [2.05, 4.69) is 23.9 Å². The quantitative estimate of drug-likeness (QED) is 0.757. The van der Waals surface area contributed by atoms with Gasteiger partial charge < -0.3 is 19.1 Å². The maximum atomic E-state index is 13.0. The number of benzene rings is 1. The summed E-state index contributed by atoms with van der Waals surface area (Å²) in [5, 5.41) is 3.95. The molecule has 0 bridgehead atoms. The van der Waals surface area contributed by atoms with Crippen molar-refractivity contribution in [2.75, 3.05) is 20.1 Å². The zero-order valence-electron chi connectivity index (χ0n) is 17.6. The highest BCUT2D eigenvalue weighted by atomic mass is 16.5. The Balaban J connectivity index is 1.62. The maximum Gasteiger partial charge on any atom is 0.253 e. The molecular weight excluding hydrogens is 354 g/mol. The standard InChI is InChI=1S/C22H31N3O3/c1-15(2)25-11-9-19(10-12-25)24(5)22(26)18-7-6-8-20(13-18)27-14-21-16(3)23-28-17(21)4/h6-8,13,15,19H,9-12,14H2,1-5H3. The van der Waals surface area contributed by atoms with Crippen LogP contribution in [0.25, 0.3) is 0 Å². The van der Waals surface area contributed by atoms with Crippen LogP contribution >= 0.6 is 0 Å². The Hall–Kier alpha value is -2.34. The lowest BCUT2D eigenvalue weighted by atomic mass is 10.0. The molecule has 1 aliphatic heterocycles. The van der Waals surface area contributed by atoms with Gasteiger partial charge >= 0.3 is 0 Å². The summed E-state index contributed by atoms with van der Waals surface area (Å²) in [6.45, 7) is 10.7. The number of aromatic nitrogens is 1. The molecule has 1 aromatic heterocycles. The normalized spacial score (nSPS) is 15.8. The summed E-state index contributed by atoms with van der Waals surface area (Å²) in [7, 11) is 1.91. The van der Waals surface area contributed by atoms with Gasteiger partial charge in [-0.3, -0.25) is 4.79 Å². The number of hydrogen-bond donors (Lipinski definition) is 0. The van der Waals surface area contributed by atoms with E-state index in [1.54, 1.807) is 0 Å². The highest BCUT2D eigenvalue weighted by Gasteiger charge is 2.27. The van der Waals surface area contributed by atoms with Gasteiger partial charge in [0, 0.05) is 37.8 Å². The van der Waals surface area contributed by atoms with E-state index in [1.807, 2.05) is 50.1 Å². The third-order valence-electron chi connectivity index (χ3n) is 5.74. The van der Waals surface area contributed by atoms with Gasteiger partial charge in [-0.1, -0.05) is 11.2 Å². The summed E-state index contributed by atoms with van der Waals surface area (Å²) in [5.74, 6) is 1.48. The van der Waals surface area contributed by atoms with Gasteiger partial charge in [0.05, 0.1) is 11.3 Å². The van der Waals surface area contributed by atoms with Gasteiger partial charge in [0.1, 0.15) is 18.1 Å². The highest BCUT2D eigenvalue weighted by molar-refractivity contribution is 5.94. The average molecular weight is 386 g/mol. The van der Waals surface area contributed by atoms with E-state index in [0.717, 1.165) is 42.9 Å². The molecule has 152 valence electrons. The summed E-state index contributed by atoms with van der Waals surface area (Å²) < 4.78 is 11.1. The van der Waals surface area contributed by atoms with Gasteiger partial charge in [-0.05, 0) is 58.7 Å². The van der Waals surface area contributed by atoms with Crippen LogP contribution in [0.3, 0.4) is 0 Å². The first-order valence-corrected chi connectivity index (χ1v) is 10.0. The van der Waals surface area contributed by atoms with E-state index in [-0.39, 0.29) is 11.9 Å². The first-order valence-electron chi connectivity index (χ1n) is 10.0. The van der Waals surface area contributed by atoms with Gasteiger partial charge in [0.2, 0.25) is 0 Å². The minimum Gasteiger partial charge on any atom is -0.489 e. The second kappa shape index (κ2) is 8.78. The number of rotatable bonds is 6. The number of hydrogen-bond acceptors (Lipinski definition) is 5. The minimum absolute atomic E-state index is 0.0470. The molecule has 2 heterocycles. The number of carbonyl (C=O) groups is 1. The molecule has 1 fully saturated rings. The number of amides is 1. The molecule has 0 radical (unpaired) electrons. The maximum absolute atomic E-state index is 13.0. The Morgan fingerprint density at radius 1 is 1.32 bits per heavy atom. The number of piperidine rings is 1. The van der Waals surface area contributed by atoms with Crippen LogP contribution in [0, 0.1) is 13.8 Å². The molecule has 6 nitrogen and oxygen atoms in total. The van der Waals surface area contributed by atoms with Gasteiger partial charge in [0.15, 0.2) is 0 Å². The van der Waals surface area contributed by atoms with Crippen LogP contribution in [-0.2, 0) is 6.61 Å². The van der Waals surface area contributed by atoms with Crippen molar-refractivity contribution in [3.63, 3.8) is 0 Å². The smallest absolute Gasteiger partial charge is 0.253 e. The molecule has 1 aromatic carbocycles. The fourth-order valence-electron chi connectivity index (χ4n) is 3.74. The van der Waals surface area contributed by atoms with E-state index in [0.29, 0.717) is 24.0 Å². The van der Waals surface area contributed by atoms with Crippen LogP contribution in [0.1, 0.15) is 54.1 Å². The van der Waals surface area contributed by atoms with E-state index >= 15 is 0 Å². The van der Waals surface area contributed by atoms with E-state index in [4.69, 9.17) is 9.26 Å². The number of aryl methyl sites for hydroxylation is 2. The van der Waals surface area contributed by atoms with Gasteiger partial charge in [-0.2, -0.15) is 0 Å². The second-order valence-corrected chi connectivity index (χ2v) is 7.90. The number of carbonyl (C=O) groups excluding carboxylic acids is 1. The molecule has 2 aromatic rings. The molecule has 0 aliphatic carbocycles. The molecule has 28 heavy (non-hydrogen) atoms. The van der Waals surface area contributed by atoms with Gasteiger partial charge in [-0.25, -0.2) is 0 Å². The van der Waals surface area contributed by atoms with E-state index < -0.39 is 0 Å². The van der Waals surface area contributed by atoms with Crippen molar-refractivity contribution in [2.24, 2.45) is 0 Å². The molecule has 0 N–H and O–H groups in total. The summed E-state index contributed by atoms with van der Waals surface area (Å²) >= 11 is 0. The zero-order valence-corrected chi connectivity index (χ0v) is 17.6. The third-order valence-corrected chi connectivity index (χ3v) is 5.74. The molecule has 0 spiro atoms. The van der Waals surface area contributed by atoms with Crippen molar-refractivity contribution in [2.45, 2.75) is 59.2 Å². The molecule has 1 amide bonds.